The first-order valence-corrected chi connectivity index (χ1v) is 20.6. The molecule has 0 aliphatic heterocycles. The average molecular weight is 1010 g/mol. The number of aromatic nitrogens is 4. The first-order valence-electron chi connectivity index (χ1n) is 19.0. The number of fused-ring (bicyclic) bond motifs is 2. The molecule has 20 heteroatoms. The molecule has 4 heterocycles. The third-order valence-corrected chi connectivity index (χ3v) is 10.1. The number of nitrogens with zero attached hydrogens (tertiary/aromatic N) is 5. The van der Waals surface area contributed by atoms with Gasteiger partial charge in [0.05, 0.1) is 73.3 Å². The quantitative estimate of drug-likeness (QED) is 0.0810. The summed E-state index contributed by atoms with van der Waals surface area (Å²) in [6.45, 7) is 7.59. The fourth-order valence-electron chi connectivity index (χ4n) is 6.38. The minimum Gasteiger partial charge on any atom is -0.465 e. The van der Waals surface area contributed by atoms with Crippen molar-refractivity contribution in [2.24, 2.45) is 0 Å². The largest absolute Gasteiger partial charge is 0.465 e. The highest BCUT2D eigenvalue weighted by Crippen LogP contribution is 2.34. The van der Waals surface area contributed by atoms with Gasteiger partial charge in [0.15, 0.2) is 11.3 Å². The zero-order valence-electron chi connectivity index (χ0n) is 35.0. The number of nitrogens with one attached hydrogen (secondary N) is 1. The first-order chi connectivity index (χ1) is 29.4. The van der Waals surface area contributed by atoms with Crippen molar-refractivity contribution in [3.05, 3.63) is 105 Å². The molecule has 336 valence electrons. The number of anilines is 2. The predicted octanol–water partition coefficient (Wildman–Crippen LogP) is 11.8. The van der Waals surface area contributed by atoms with Crippen molar-refractivity contribution in [2.75, 3.05) is 37.5 Å². The highest BCUT2D eigenvalue weighted by molar-refractivity contribution is 9.10. The molecule has 6 rings (SSSR count). The van der Waals surface area contributed by atoms with Gasteiger partial charge in [-0.25, -0.2) is 24.4 Å². The lowest BCUT2D eigenvalue weighted by molar-refractivity contribution is -0.132. The van der Waals surface area contributed by atoms with Crippen molar-refractivity contribution in [1.82, 2.24) is 18.8 Å². The predicted molar refractivity (Wildman–Crippen MR) is 232 cm³/mol. The van der Waals surface area contributed by atoms with Crippen molar-refractivity contribution in [1.29, 1.82) is 0 Å². The molecule has 0 atom stereocenters. The number of esters is 2. The number of rotatable bonds is 10. The van der Waals surface area contributed by atoms with Gasteiger partial charge >= 0.3 is 30.4 Å². The molecule has 12 nitrogen and oxygen atoms in total. The second-order valence-electron chi connectivity index (χ2n) is 15.1. The molecule has 6 aromatic rings. The van der Waals surface area contributed by atoms with Crippen LogP contribution >= 0.6 is 31.9 Å². The SMILES string of the molecule is COC(=O)c1ccc(-c2cnc3c(N(CCC(F)(F)F)C(=O)OC(C)(C)C)cc(Br)cn23)cc1C.COC(=O)c1ccc(-c2cnc3c(NCCC(F)(F)F)cc(Br)cn23)cc1C. The molecule has 63 heavy (non-hydrogen) atoms. The lowest BCUT2D eigenvalue weighted by atomic mass is 10.0. The molecule has 0 aliphatic rings. The van der Waals surface area contributed by atoms with Crippen LogP contribution in [0, 0.1) is 13.8 Å². The number of ether oxygens (including phenoxy) is 3. The number of aryl methyl sites for hydroxylation is 2. The zero-order valence-corrected chi connectivity index (χ0v) is 38.1. The minimum atomic E-state index is -4.47. The van der Waals surface area contributed by atoms with E-state index in [1.54, 1.807) is 105 Å². The molecule has 0 unspecified atom stereocenters. The van der Waals surface area contributed by atoms with Crippen LogP contribution in [0.25, 0.3) is 33.8 Å². The summed E-state index contributed by atoms with van der Waals surface area (Å²) in [6, 6.07) is 13.6. The second kappa shape index (κ2) is 19.4. The van der Waals surface area contributed by atoms with Crippen LogP contribution in [-0.2, 0) is 14.2 Å². The maximum atomic E-state index is 13.1. The van der Waals surface area contributed by atoms with Crippen molar-refractivity contribution in [3.63, 3.8) is 0 Å². The Morgan fingerprint density at radius 1 is 0.714 bits per heavy atom. The lowest BCUT2D eigenvalue weighted by Crippen LogP contribution is -2.39. The molecule has 2 aromatic carbocycles. The van der Waals surface area contributed by atoms with Gasteiger partial charge in [-0.2, -0.15) is 26.3 Å². The summed E-state index contributed by atoms with van der Waals surface area (Å²) in [7, 11) is 2.62. The second-order valence-corrected chi connectivity index (χ2v) is 17.0. The number of imidazole rings is 2. The van der Waals surface area contributed by atoms with Gasteiger partial charge < -0.3 is 19.5 Å². The normalized spacial score (nSPS) is 11.9. The summed E-state index contributed by atoms with van der Waals surface area (Å²) < 4.78 is 96.1. The highest BCUT2D eigenvalue weighted by atomic mass is 79.9. The van der Waals surface area contributed by atoms with E-state index in [0.29, 0.717) is 48.2 Å². The Bertz CT molecular complexity index is 2660. The molecule has 0 bridgehead atoms. The Labute approximate surface area is 374 Å². The smallest absolute Gasteiger partial charge is 0.414 e. The van der Waals surface area contributed by atoms with Crippen LogP contribution in [-0.4, -0.2) is 82.1 Å². The van der Waals surface area contributed by atoms with Crippen molar-refractivity contribution in [3.8, 4) is 22.5 Å². The zero-order chi connectivity index (χ0) is 46.6. The van der Waals surface area contributed by atoms with E-state index in [0.717, 1.165) is 21.7 Å². The van der Waals surface area contributed by atoms with E-state index in [4.69, 9.17) is 14.2 Å². The monoisotopic (exact) mass is 1010 g/mol. The number of carbonyl (C=O) groups excluding carboxylic acids is 3. The average Bonchev–Trinajstić information content (AvgIpc) is 3.80. The number of hydrogen-bond donors (Lipinski definition) is 1. The number of benzene rings is 2. The Kier molecular flexibility index (Phi) is 14.9. The number of methoxy groups -OCH3 is 2. The molecule has 4 aromatic heterocycles. The van der Waals surface area contributed by atoms with Gasteiger partial charge in [-0.05, 0) is 114 Å². The Morgan fingerprint density at radius 3 is 1.65 bits per heavy atom. The van der Waals surface area contributed by atoms with E-state index in [1.807, 2.05) is 6.07 Å². The summed E-state index contributed by atoms with van der Waals surface area (Å²) >= 11 is 6.78. The molecule has 1 amide bonds. The number of amides is 1. The van der Waals surface area contributed by atoms with Gasteiger partial charge in [-0.1, -0.05) is 12.1 Å². The van der Waals surface area contributed by atoms with E-state index in [1.165, 1.54) is 20.3 Å². The molecule has 0 spiro atoms. The van der Waals surface area contributed by atoms with Crippen LogP contribution in [0.4, 0.5) is 42.5 Å². The molecule has 0 fully saturated rings. The maximum Gasteiger partial charge on any atom is 0.414 e. The van der Waals surface area contributed by atoms with Crippen LogP contribution in [0.2, 0.25) is 0 Å². The molecular formula is C43H42Br2F6N6O6. The van der Waals surface area contributed by atoms with E-state index in [2.05, 4.69) is 47.1 Å². The Balaban J connectivity index is 0.000000243. The van der Waals surface area contributed by atoms with Crippen LogP contribution in [0.5, 0.6) is 0 Å². The van der Waals surface area contributed by atoms with Gasteiger partial charge in [0.2, 0.25) is 0 Å². The lowest BCUT2D eigenvalue weighted by Gasteiger charge is -2.28. The van der Waals surface area contributed by atoms with Crippen LogP contribution in [0.15, 0.2) is 82.3 Å². The molecule has 0 saturated heterocycles. The van der Waals surface area contributed by atoms with E-state index < -0.39 is 55.4 Å². The standard InChI is InChI=1S/C24H25BrF3N3O4.C19H17BrF3N3O2/c1-14-10-15(6-7-17(14)21(32)34-5)19-12-29-20-18(11-16(25)13-31(19)20)30(9-8-24(26,27)28)22(33)35-23(2,3)4;1-11-7-12(3-4-14(11)18(27)28-2)16-9-25-17-15(8-13(20)10-26(16)17)24-6-5-19(21,22)23/h6-7,10-13H,8-9H2,1-5H3;3-4,7-10,24H,5-6H2,1-2H3. The van der Waals surface area contributed by atoms with Crippen LogP contribution in [0.1, 0.15) is 65.5 Å². The molecular weight excluding hydrogens is 970 g/mol. The third kappa shape index (κ3) is 12.3. The number of hydrogen-bond acceptors (Lipinski definition) is 9. The summed E-state index contributed by atoms with van der Waals surface area (Å²) in [5.74, 6) is -0.879. The van der Waals surface area contributed by atoms with Gasteiger partial charge in [-0.15, -0.1) is 0 Å². The highest BCUT2D eigenvalue weighted by Gasteiger charge is 2.33. The van der Waals surface area contributed by atoms with Crippen LogP contribution < -0.4 is 10.2 Å². The molecule has 0 saturated carbocycles. The van der Waals surface area contributed by atoms with Crippen molar-refractivity contribution >= 4 is 72.6 Å². The Morgan fingerprint density at radius 2 is 1.19 bits per heavy atom. The van der Waals surface area contributed by atoms with Gasteiger partial charge in [0, 0.05) is 45.6 Å². The molecule has 1 N–H and O–H groups in total. The van der Waals surface area contributed by atoms with Gasteiger partial charge in [0.1, 0.15) is 5.60 Å². The number of pyridine rings is 2. The third-order valence-electron chi connectivity index (χ3n) is 9.23. The Hall–Kier alpha value is -5.63. The number of halogens is 8. The summed E-state index contributed by atoms with van der Waals surface area (Å²) in [4.78, 5) is 46.3. The first kappa shape index (κ1) is 48.4. The van der Waals surface area contributed by atoms with Gasteiger partial charge in [-0.3, -0.25) is 13.7 Å². The van der Waals surface area contributed by atoms with E-state index in [-0.39, 0.29) is 17.9 Å². The maximum absolute atomic E-state index is 13.1. The van der Waals surface area contributed by atoms with E-state index in [9.17, 15) is 40.7 Å². The number of carbonyl (C=O) groups is 3. The van der Waals surface area contributed by atoms with Crippen molar-refractivity contribution < 1.29 is 54.9 Å². The number of alkyl halides is 6. The van der Waals surface area contributed by atoms with Gasteiger partial charge in [0.25, 0.3) is 0 Å². The molecule has 0 radical (unpaired) electrons. The molecule has 0 aliphatic carbocycles. The fourth-order valence-corrected chi connectivity index (χ4v) is 7.23. The van der Waals surface area contributed by atoms with Crippen LogP contribution in [0.3, 0.4) is 0 Å². The fraction of sp³-hybridized carbons (Fsp3) is 0.326. The summed E-state index contributed by atoms with van der Waals surface area (Å²) in [5, 5.41) is 2.80. The van der Waals surface area contributed by atoms with Crippen molar-refractivity contribution in [2.45, 2.75) is 65.4 Å². The van der Waals surface area contributed by atoms with E-state index >= 15 is 0 Å². The summed E-state index contributed by atoms with van der Waals surface area (Å²) in [5.41, 5.74) is 5.72. The summed E-state index contributed by atoms with van der Waals surface area (Å²) in [6.07, 6.45) is -5.09. The minimum absolute atomic E-state index is 0.159. The topological polar surface area (TPSA) is 129 Å².